The van der Waals surface area contributed by atoms with Crippen molar-refractivity contribution in [3.8, 4) is 17.0 Å². The van der Waals surface area contributed by atoms with Crippen molar-refractivity contribution in [3.63, 3.8) is 0 Å². The molecule has 0 saturated heterocycles. The molecule has 3 nitrogen and oxygen atoms in total. The average Bonchev–Trinajstić information content (AvgIpc) is 2.23. The summed E-state index contributed by atoms with van der Waals surface area (Å²) in [5, 5.41) is 9.61. The molecular weight excluding hydrogens is 176 g/mol. The molecule has 0 unspecified atom stereocenters. The molecule has 0 radical (unpaired) electrons. The predicted molar refractivity (Wildman–Crippen MR) is 53.9 cm³/mol. The van der Waals surface area contributed by atoms with E-state index in [0.29, 0.717) is 5.69 Å². The highest BCUT2D eigenvalue weighted by atomic mass is 16.3. The second-order valence-electron chi connectivity index (χ2n) is 3.06. The van der Waals surface area contributed by atoms with Crippen molar-refractivity contribution < 1.29 is 5.11 Å². The van der Waals surface area contributed by atoms with Crippen LogP contribution in [0.4, 0.5) is 0 Å². The van der Waals surface area contributed by atoms with Gasteiger partial charge in [-0.3, -0.25) is 4.98 Å². The topological polar surface area (TPSA) is 46.0 Å². The van der Waals surface area contributed by atoms with Crippen molar-refractivity contribution in [3.05, 3.63) is 42.4 Å². The summed E-state index contributed by atoms with van der Waals surface area (Å²) in [7, 11) is 0. The summed E-state index contributed by atoms with van der Waals surface area (Å²) in [6, 6.07) is 7.07. The normalized spacial score (nSPS) is 10.1. The van der Waals surface area contributed by atoms with E-state index in [0.717, 1.165) is 11.3 Å². The molecule has 0 saturated carbocycles. The summed E-state index contributed by atoms with van der Waals surface area (Å²) < 4.78 is 0. The maximum atomic E-state index is 9.61. The lowest BCUT2D eigenvalue weighted by atomic mass is 10.1. The van der Waals surface area contributed by atoms with Gasteiger partial charge in [-0.1, -0.05) is 0 Å². The Labute approximate surface area is 82.1 Å². The van der Waals surface area contributed by atoms with Crippen LogP contribution in [-0.2, 0) is 0 Å². The number of rotatable bonds is 1. The lowest BCUT2D eigenvalue weighted by Gasteiger charge is -2.03. The SMILES string of the molecule is Cc1ccc(O)c(-c2ccncc2)n1. The highest BCUT2D eigenvalue weighted by Gasteiger charge is 2.04. The van der Waals surface area contributed by atoms with E-state index in [1.165, 1.54) is 0 Å². The van der Waals surface area contributed by atoms with E-state index >= 15 is 0 Å². The van der Waals surface area contributed by atoms with Crippen molar-refractivity contribution in [1.29, 1.82) is 0 Å². The Morgan fingerprint density at radius 1 is 1.07 bits per heavy atom. The molecule has 0 aliphatic heterocycles. The van der Waals surface area contributed by atoms with Crippen LogP contribution in [0.1, 0.15) is 5.69 Å². The highest BCUT2D eigenvalue weighted by Crippen LogP contribution is 2.25. The van der Waals surface area contributed by atoms with E-state index in [-0.39, 0.29) is 5.75 Å². The Kier molecular flexibility index (Phi) is 2.14. The number of hydrogen-bond acceptors (Lipinski definition) is 3. The molecule has 3 heteroatoms. The fraction of sp³-hybridized carbons (Fsp3) is 0.0909. The first kappa shape index (κ1) is 8.69. The molecular formula is C11H10N2O. The molecule has 0 aliphatic rings. The molecule has 0 atom stereocenters. The quantitative estimate of drug-likeness (QED) is 0.742. The van der Waals surface area contributed by atoms with Gasteiger partial charge in [0.15, 0.2) is 0 Å². The minimum absolute atomic E-state index is 0.196. The number of nitrogens with zero attached hydrogens (tertiary/aromatic N) is 2. The van der Waals surface area contributed by atoms with E-state index in [9.17, 15) is 5.11 Å². The third kappa shape index (κ3) is 1.57. The Balaban J connectivity index is 2.57. The highest BCUT2D eigenvalue weighted by molar-refractivity contribution is 5.65. The van der Waals surface area contributed by atoms with Crippen molar-refractivity contribution in [2.45, 2.75) is 6.92 Å². The van der Waals surface area contributed by atoms with Crippen LogP contribution < -0.4 is 0 Å². The molecule has 0 aromatic carbocycles. The van der Waals surface area contributed by atoms with Crippen LogP contribution in [0.25, 0.3) is 11.3 Å². The van der Waals surface area contributed by atoms with Crippen LogP contribution in [0.2, 0.25) is 0 Å². The second kappa shape index (κ2) is 3.46. The standard InChI is InChI=1S/C11H10N2O/c1-8-2-3-10(14)11(13-8)9-4-6-12-7-5-9/h2-7,14H,1H3. The molecule has 2 aromatic rings. The zero-order valence-corrected chi connectivity index (χ0v) is 7.81. The summed E-state index contributed by atoms with van der Waals surface area (Å²) in [6.07, 6.45) is 3.36. The van der Waals surface area contributed by atoms with Crippen LogP contribution in [0.15, 0.2) is 36.7 Å². The Bertz CT molecular complexity index is 440. The maximum absolute atomic E-state index is 9.61. The summed E-state index contributed by atoms with van der Waals surface area (Å²) in [6.45, 7) is 1.89. The first-order chi connectivity index (χ1) is 6.77. The van der Waals surface area contributed by atoms with E-state index in [2.05, 4.69) is 9.97 Å². The van der Waals surface area contributed by atoms with Crippen LogP contribution >= 0.6 is 0 Å². The van der Waals surface area contributed by atoms with Gasteiger partial charge in [0.05, 0.1) is 0 Å². The van der Waals surface area contributed by atoms with Crippen molar-refractivity contribution >= 4 is 0 Å². The van der Waals surface area contributed by atoms with Crippen LogP contribution in [0.3, 0.4) is 0 Å². The molecule has 0 fully saturated rings. The van der Waals surface area contributed by atoms with Gasteiger partial charge in [-0.2, -0.15) is 0 Å². The van der Waals surface area contributed by atoms with Crippen molar-refractivity contribution in [2.24, 2.45) is 0 Å². The van der Waals surface area contributed by atoms with E-state index in [1.54, 1.807) is 24.5 Å². The van der Waals surface area contributed by atoms with Gasteiger partial charge in [0.1, 0.15) is 11.4 Å². The van der Waals surface area contributed by atoms with Gasteiger partial charge in [-0.15, -0.1) is 0 Å². The predicted octanol–water partition coefficient (Wildman–Crippen LogP) is 2.16. The van der Waals surface area contributed by atoms with Crippen LogP contribution in [-0.4, -0.2) is 15.1 Å². The monoisotopic (exact) mass is 186 g/mol. The number of pyridine rings is 2. The van der Waals surface area contributed by atoms with Gasteiger partial charge in [0.25, 0.3) is 0 Å². The minimum atomic E-state index is 0.196. The number of aromatic nitrogens is 2. The number of aryl methyl sites for hydroxylation is 1. The van der Waals surface area contributed by atoms with Gasteiger partial charge in [0, 0.05) is 23.7 Å². The van der Waals surface area contributed by atoms with E-state index < -0.39 is 0 Å². The molecule has 14 heavy (non-hydrogen) atoms. The molecule has 0 bridgehead atoms. The zero-order chi connectivity index (χ0) is 9.97. The van der Waals surface area contributed by atoms with Gasteiger partial charge in [-0.25, -0.2) is 4.98 Å². The van der Waals surface area contributed by atoms with Crippen molar-refractivity contribution in [1.82, 2.24) is 9.97 Å². The third-order valence-electron chi connectivity index (χ3n) is 1.97. The summed E-state index contributed by atoms with van der Waals surface area (Å²) in [5.74, 6) is 0.196. The average molecular weight is 186 g/mol. The van der Waals surface area contributed by atoms with Gasteiger partial charge < -0.3 is 5.11 Å². The van der Waals surface area contributed by atoms with Crippen LogP contribution in [0, 0.1) is 6.92 Å². The van der Waals surface area contributed by atoms with Crippen molar-refractivity contribution in [2.75, 3.05) is 0 Å². The Hall–Kier alpha value is -1.90. The Morgan fingerprint density at radius 3 is 2.50 bits per heavy atom. The molecule has 0 amide bonds. The van der Waals surface area contributed by atoms with Gasteiger partial charge in [-0.05, 0) is 31.2 Å². The molecule has 2 aromatic heterocycles. The molecule has 1 N–H and O–H groups in total. The van der Waals surface area contributed by atoms with Crippen LogP contribution in [0.5, 0.6) is 5.75 Å². The summed E-state index contributed by atoms with van der Waals surface area (Å²) in [4.78, 5) is 8.18. The second-order valence-corrected chi connectivity index (χ2v) is 3.06. The zero-order valence-electron chi connectivity index (χ0n) is 7.81. The van der Waals surface area contributed by atoms with E-state index in [1.807, 2.05) is 19.1 Å². The summed E-state index contributed by atoms with van der Waals surface area (Å²) in [5.41, 5.74) is 2.36. The Morgan fingerprint density at radius 2 is 1.79 bits per heavy atom. The third-order valence-corrected chi connectivity index (χ3v) is 1.97. The molecule has 70 valence electrons. The first-order valence-corrected chi connectivity index (χ1v) is 4.34. The van der Waals surface area contributed by atoms with Gasteiger partial charge >= 0.3 is 0 Å². The molecule has 2 heterocycles. The van der Waals surface area contributed by atoms with E-state index in [4.69, 9.17) is 0 Å². The molecule has 2 rings (SSSR count). The molecule has 0 aliphatic carbocycles. The first-order valence-electron chi connectivity index (χ1n) is 4.34. The molecule has 0 spiro atoms. The smallest absolute Gasteiger partial charge is 0.141 e. The number of hydrogen-bond donors (Lipinski definition) is 1. The largest absolute Gasteiger partial charge is 0.506 e. The lowest BCUT2D eigenvalue weighted by Crippen LogP contribution is -1.87. The summed E-state index contributed by atoms with van der Waals surface area (Å²) >= 11 is 0. The van der Waals surface area contributed by atoms with Gasteiger partial charge in [0.2, 0.25) is 0 Å². The fourth-order valence-corrected chi connectivity index (χ4v) is 1.27. The maximum Gasteiger partial charge on any atom is 0.141 e. The minimum Gasteiger partial charge on any atom is -0.506 e. The number of aromatic hydroxyl groups is 1. The fourth-order valence-electron chi connectivity index (χ4n) is 1.27. The lowest BCUT2D eigenvalue weighted by molar-refractivity contribution is 0.474.